The molecule has 4 heteroatoms. The van der Waals surface area contributed by atoms with Gasteiger partial charge in [0.25, 0.3) is 0 Å². The van der Waals surface area contributed by atoms with Crippen LogP contribution in [-0.4, -0.2) is 15.0 Å². The van der Waals surface area contributed by atoms with Crippen molar-refractivity contribution in [2.24, 2.45) is 0 Å². The quantitative estimate of drug-likeness (QED) is 0.186. The molecule has 0 atom stereocenters. The van der Waals surface area contributed by atoms with Crippen LogP contribution >= 0.6 is 11.3 Å². The Labute approximate surface area is 274 Å². The van der Waals surface area contributed by atoms with Crippen molar-refractivity contribution in [2.75, 3.05) is 0 Å². The van der Waals surface area contributed by atoms with Gasteiger partial charge in [0.05, 0.1) is 0 Å². The molecule has 8 aromatic carbocycles. The summed E-state index contributed by atoms with van der Waals surface area (Å²) in [5, 5.41) is 12.2. The van der Waals surface area contributed by atoms with Crippen LogP contribution in [0.5, 0.6) is 0 Å². The number of hydrogen-bond donors (Lipinski definition) is 0. The molecule has 0 spiro atoms. The van der Waals surface area contributed by atoms with Gasteiger partial charge in [-0.05, 0) is 73.4 Å². The third kappa shape index (κ3) is 4.09. The largest absolute Gasteiger partial charge is 0.208 e. The molecule has 0 unspecified atom stereocenters. The summed E-state index contributed by atoms with van der Waals surface area (Å²) in [4.78, 5) is 15.5. The van der Waals surface area contributed by atoms with Crippen LogP contribution in [0.15, 0.2) is 152 Å². The second kappa shape index (κ2) is 10.3. The summed E-state index contributed by atoms with van der Waals surface area (Å²) in [6.45, 7) is 0. The highest BCUT2D eigenvalue weighted by Crippen LogP contribution is 2.43. The third-order valence-electron chi connectivity index (χ3n) is 9.29. The van der Waals surface area contributed by atoms with Crippen LogP contribution in [0.4, 0.5) is 0 Å². The maximum absolute atomic E-state index is 5.25. The number of nitrogens with zero attached hydrogens (tertiary/aromatic N) is 3. The lowest BCUT2D eigenvalue weighted by atomic mass is 9.89. The Balaban J connectivity index is 1.30. The molecule has 0 aliphatic rings. The Morgan fingerprint density at radius 3 is 1.57 bits per heavy atom. The number of benzene rings is 8. The molecule has 0 radical (unpaired) electrons. The number of aromatic nitrogens is 3. The highest BCUT2D eigenvalue weighted by molar-refractivity contribution is 7.25. The molecule has 0 aliphatic heterocycles. The van der Waals surface area contributed by atoms with Crippen molar-refractivity contribution >= 4 is 74.6 Å². The van der Waals surface area contributed by atoms with Crippen molar-refractivity contribution in [1.29, 1.82) is 0 Å². The summed E-state index contributed by atoms with van der Waals surface area (Å²) < 4.78 is 2.54. The van der Waals surface area contributed by atoms with Crippen LogP contribution < -0.4 is 0 Å². The maximum Gasteiger partial charge on any atom is 0.164 e. The lowest BCUT2D eigenvalue weighted by molar-refractivity contribution is 1.08. The van der Waals surface area contributed by atoms with E-state index in [-0.39, 0.29) is 0 Å². The average Bonchev–Trinajstić information content (AvgIpc) is 3.52. The van der Waals surface area contributed by atoms with Crippen LogP contribution in [0, 0.1) is 0 Å². The predicted octanol–water partition coefficient (Wildman–Crippen LogP) is 11.9. The number of rotatable bonds is 3. The summed E-state index contributed by atoms with van der Waals surface area (Å²) in [6, 6.07) is 53.8. The van der Waals surface area contributed by atoms with Crippen LogP contribution in [0.25, 0.3) is 97.4 Å². The lowest BCUT2D eigenvalue weighted by Crippen LogP contribution is -2.01. The normalized spacial score (nSPS) is 11.8. The molecule has 2 aromatic heterocycles. The van der Waals surface area contributed by atoms with Crippen LogP contribution in [0.2, 0.25) is 0 Å². The SMILES string of the molecule is c1ccc(-c2nc(-c3ccc4sc5ccccc5c4c3)nc(-c3cc4c5ccccc5c5ccccc5c4c4ccccc34)n2)cc1. The van der Waals surface area contributed by atoms with Gasteiger partial charge in [0.15, 0.2) is 17.5 Å². The molecule has 0 saturated heterocycles. The highest BCUT2D eigenvalue weighted by Gasteiger charge is 2.19. The standard InChI is InChI=1S/C43H25N3S/c1-2-12-26(13-3-1)41-44-42(27-22-23-39-35(24-27)32-18-10-11-21-38(32)47-39)46-43(45-41)37-25-36-30-16-5-4-14-28(30)29-15-6-8-19-33(29)40(36)34-20-9-7-17-31(34)37/h1-25H. The summed E-state index contributed by atoms with van der Waals surface area (Å²) in [5.74, 6) is 1.99. The van der Waals surface area contributed by atoms with E-state index < -0.39 is 0 Å². The van der Waals surface area contributed by atoms with E-state index in [4.69, 9.17) is 15.0 Å². The van der Waals surface area contributed by atoms with Gasteiger partial charge in [0.1, 0.15) is 0 Å². The first kappa shape index (κ1) is 26.3. The van der Waals surface area contributed by atoms with Gasteiger partial charge in [-0.15, -0.1) is 11.3 Å². The minimum atomic E-state index is 0.661. The fourth-order valence-electron chi connectivity index (χ4n) is 7.16. The van der Waals surface area contributed by atoms with Crippen molar-refractivity contribution in [3.63, 3.8) is 0 Å². The fraction of sp³-hybridized carbons (Fsp3) is 0. The summed E-state index contributed by atoms with van der Waals surface area (Å²) >= 11 is 1.82. The van der Waals surface area contributed by atoms with Gasteiger partial charge in [-0.2, -0.15) is 0 Å². The van der Waals surface area contributed by atoms with Crippen molar-refractivity contribution in [2.45, 2.75) is 0 Å². The van der Waals surface area contributed by atoms with Crippen molar-refractivity contribution in [3.05, 3.63) is 152 Å². The summed E-state index contributed by atoms with van der Waals surface area (Å²) in [5.41, 5.74) is 2.93. The third-order valence-corrected chi connectivity index (χ3v) is 10.4. The topological polar surface area (TPSA) is 38.7 Å². The molecular formula is C43H25N3S. The van der Waals surface area contributed by atoms with Gasteiger partial charge < -0.3 is 0 Å². The summed E-state index contributed by atoms with van der Waals surface area (Å²) in [7, 11) is 0. The molecule has 0 bridgehead atoms. The first-order valence-electron chi connectivity index (χ1n) is 15.8. The Hall–Kier alpha value is -5.97. The molecule has 218 valence electrons. The zero-order chi connectivity index (χ0) is 30.9. The molecule has 3 nitrogen and oxygen atoms in total. The Bertz CT molecular complexity index is 2850. The molecule has 47 heavy (non-hydrogen) atoms. The van der Waals surface area contributed by atoms with E-state index in [2.05, 4.69) is 133 Å². The first-order chi connectivity index (χ1) is 23.3. The van der Waals surface area contributed by atoms with Crippen LogP contribution in [0.3, 0.4) is 0 Å². The van der Waals surface area contributed by atoms with E-state index in [1.165, 1.54) is 57.9 Å². The minimum Gasteiger partial charge on any atom is -0.208 e. The van der Waals surface area contributed by atoms with Crippen molar-refractivity contribution < 1.29 is 0 Å². The molecule has 0 amide bonds. The molecule has 0 N–H and O–H groups in total. The van der Waals surface area contributed by atoms with E-state index in [0.717, 1.165) is 22.1 Å². The average molecular weight is 616 g/mol. The van der Waals surface area contributed by atoms with E-state index in [9.17, 15) is 0 Å². The molecule has 10 aromatic rings. The Morgan fingerprint density at radius 2 is 0.830 bits per heavy atom. The maximum atomic E-state index is 5.25. The second-order valence-corrected chi connectivity index (χ2v) is 13.0. The second-order valence-electron chi connectivity index (χ2n) is 12.0. The Kier molecular flexibility index (Phi) is 5.74. The van der Waals surface area contributed by atoms with Crippen LogP contribution in [0.1, 0.15) is 0 Å². The van der Waals surface area contributed by atoms with E-state index in [1.807, 2.05) is 29.5 Å². The number of fused-ring (bicyclic) bond motifs is 11. The van der Waals surface area contributed by atoms with E-state index in [1.54, 1.807) is 0 Å². The zero-order valence-corrected chi connectivity index (χ0v) is 26.0. The van der Waals surface area contributed by atoms with Gasteiger partial charge >= 0.3 is 0 Å². The zero-order valence-electron chi connectivity index (χ0n) is 25.2. The smallest absolute Gasteiger partial charge is 0.164 e. The molecule has 0 aliphatic carbocycles. The molecule has 2 heterocycles. The number of thiophene rings is 1. The van der Waals surface area contributed by atoms with Crippen LogP contribution in [-0.2, 0) is 0 Å². The Morgan fingerprint density at radius 1 is 0.319 bits per heavy atom. The highest BCUT2D eigenvalue weighted by atomic mass is 32.1. The van der Waals surface area contributed by atoms with Gasteiger partial charge in [-0.25, -0.2) is 15.0 Å². The van der Waals surface area contributed by atoms with Crippen molar-refractivity contribution in [3.8, 4) is 34.2 Å². The predicted molar refractivity (Wildman–Crippen MR) is 199 cm³/mol. The van der Waals surface area contributed by atoms with Crippen molar-refractivity contribution in [1.82, 2.24) is 15.0 Å². The molecular weight excluding hydrogens is 591 g/mol. The van der Waals surface area contributed by atoms with Gasteiger partial charge in [0.2, 0.25) is 0 Å². The van der Waals surface area contributed by atoms with E-state index >= 15 is 0 Å². The monoisotopic (exact) mass is 615 g/mol. The fourth-order valence-corrected chi connectivity index (χ4v) is 8.25. The lowest BCUT2D eigenvalue weighted by Gasteiger charge is -2.16. The van der Waals surface area contributed by atoms with E-state index in [0.29, 0.717) is 17.5 Å². The summed E-state index contributed by atoms with van der Waals surface area (Å²) in [6.07, 6.45) is 0. The van der Waals surface area contributed by atoms with Gasteiger partial charge in [-0.3, -0.25) is 0 Å². The first-order valence-corrected chi connectivity index (χ1v) is 16.6. The van der Waals surface area contributed by atoms with Gasteiger partial charge in [-0.1, -0.05) is 121 Å². The van der Waals surface area contributed by atoms with Gasteiger partial charge in [0, 0.05) is 36.9 Å². The molecule has 10 rings (SSSR count). The molecule has 0 saturated carbocycles. The number of hydrogen-bond acceptors (Lipinski definition) is 4. The molecule has 0 fully saturated rings. The minimum absolute atomic E-state index is 0.661.